The van der Waals surface area contributed by atoms with Crippen LogP contribution in [-0.4, -0.2) is 34.3 Å². The van der Waals surface area contributed by atoms with Gasteiger partial charge in [-0.25, -0.2) is 13.1 Å². The van der Waals surface area contributed by atoms with Crippen molar-refractivity contribution in [2.75, 3.05) is 20.8 Å². The molecule has 124 valence electrons. The zero-order valence-corrected chi connectivity index (χ0v) is 13.7. The molecule has 0 saturated carbocycles. The molecule has 2 rings (SSSR count). The smallest absolute Gasteiger partial charge is 0.240 e. The van der Waals surface area contributed by atoms with Gasteiger partial charge in [0.1, 0.15) is 0 Å². The molecule has 0 saturated heterocycles. The van der Waals surface area contributed by atoms with Crippen molar-refractivity contribution >= 4 is 10.0 Å². The average Bonchev–Trinajstić information content (AvgIpc) is 2.59. The highest BCUT2D eigenvalue weighted by Crippen LogP contribution is 2.29. The molecule has 7 heteroatoms. The van der Waals surface area contributed by atoms with Gasteiger partial charge in [0.15, 0.2) is 11.5 Å². The van der Waals surface area contributed by atoms with Gasteiger partial charge in [-0.3, -0.25) is 0 Å². The normalized spacial score (nSPS) is 12.7. The van der Waals surface area contributed by atoms with Crippen molar-refractivity contribution in [3.8, 4) is 11.5 Å². The first-order valence-electron chi connectivity index (χ1n) is 6.92. The van der Waals surface area contributed by atoms with Gasteiger partial charge in [-0.1, -0.05) is 30.3 Å². The highest BCUT2D eigenvalue weighted by molar-refractivity contribution is 7.89. The van der Waals surface area contributed by atoms with E-state index in [2.05, 4.69) is 4.72 Å². The van der Waals surface area contributed by atoms with Crippen LogP contribution in [0.5, 0.6) is 11.5 Å². The third kappa shape index (κ3) is 4.22. The Kier molecular flexibility index (Phi) is 5.59. The van der Waals surface area contributed by atoms with Crippen molar-refractivity contribution in [3.63, 3.8) is 0 Å². The predicted molar refractivity (Wildman–Crippen MR) is 86.1 cm³/mol. The summed E-state index contributed by atoms with van der Waals surface area (Å²) < 4.78 is 37.2. The highest BCUT2D eigenvalue weighted by Gasteiger charge is 2.18. The Labute approximate surface area is 135 Å². The van der Waals surface area contributed by atoms with Crippen LogP contribution in [0.25, 0.3) is 0 Å². The minimum atomic E-state index is -3.77. The van der Waals surface area contributed by atoms with E-state index in [-0.39, 0.29) is 11.4 Å². The zero-order valence-electron chi connectivity index (χ0n) is 12.9. The van der Waals surface area contributed by atoms with Crippen molar-refractivity contribution in [3.05, 3.63) is 54.1 Å². The van der Waals surface area contributed by atoms with E-state index in [4.69, 9.17) is 9.47 Å². The molecule has 0 aromatic heterocycles. The zero-order chi connectivity index (χ0) is 16.9. The average molecular weight is 337 g/mol. The summed E-state index contributed by atoms with van der Waals surface area (Å²) in [5.41, 5.74) is 0.641. The Morgan fingerprint density at radius 1 is 1.04 bits per heavy atom. The van der Waals surface area contributed by atoms with E-state index in [1.807, 2.05) is 6.07 Å². The lowest BCUT2D eigenvalue weighted by atomic mass is 10.1. The number of hydrogen-bond acceptors (Lipinski definition) is 5. The molecule has 0 spiro atoms. The minimum Gasteiger partial charge on any atom is -0.493 e. The fourth-order valence-corrected chi connectivity index (χ4v) is 3.10. The van der Waals surface area contributed by atoms with Crippen molar-refractivity contribution < 1.29 is 23.0 Å². The Morgan fingerprint density at radius 2 is 1.70 bits per heavy atom. The van der Waals surface area contributed by atoms with Crippen LogP contribution >= 0.6 is 0 Å². The van der Waals surface area contributed by atoms with Gasteiger partial charge in [-0.05, 0) is 17.7 Å². The summed E-state index contributed by atoms with van der Waals surface area (Å²) in [7, 11) is -0.862. The number of benzene rings is 2. The van der Waals surface area contributed by atoms with E-state index in [1.165, 1.54) is 32.4 Å². The number of hydrogen-bond donors (Lipinski definition) is 2. The first-order valence-corrected chi connectivity index (χ1v) is 8.41. The highest BCUT2D eigenvalue weighted by atomic mass is 32.2. The maximum absolute atomic E-state index is 12.3. The second-order valence-electron chi connectivity index (χ2n) is 4.80. The molecule has 6 nitrogen and oxygen atoms in total. The van der Waals surface area contributed by atoms with Crippen LogP contribution in [0, 0.1) is 0 Å². The molecule has 0 aliphatic carbocycles. The molecule has 0 bridgehead atoms. The molecule has 0 amide bonds. The topological polar surface area (TPSA) is 84.9 Å². The van der Waals surface area contributed by atoms with Crippen molar-refractivity contribution in [1.82, 2.24) is 4.72 Å². The summed E-state index contributed by atoms with van der Waals surface area (Å²) in [4.78, 5) is 0.0374. The largest absolute Gasteiger partial charge is 0.493 e. The number of aliphatic hydroxyl groups is 1. The molecule has 0 radical (unpaired) electrons. The summed E-state index contributed by atoms with van der Waals surface area (Å²) >= 11 is 0. The van der Waals surface area contributed by atoms with E-state index in [0.717, 1.165) is 0 Å². The van der Waals surface area contributed by atoms with Crippen LogP contribution in [0.1, 0.15) is 11.7 Å². The number of nitrogens with one attached hydrogen (secondary N) is 1. The van der Waals surface area contributed by atoms with Crippen LogP contribution in [0.15, 0.2) is 53.4 Å². The minimum absolute atomic E-state index is 0.0374. The van der Waals surface area contributed by atoms with Crippen LogP contribution in [0.3, 0.4) is 0 Å². The molecule has 23 heavy (non-hydrogen) atoms. The summed E-state index contributed by atoms with van der Waals surface area (Å²) in [5, 5.41) is 10.0. The van der Waals surface area contributed by atoms with Gasteiger partial charge < -0.3 is 14.6 Å². The van der Waals surface area contributed by atoms with E-state index in [1.54, 1.807) is 24.3 Å². The van der Waals surface area contributed by atoms with Gasteiger partial charge in [-0.2, -0.15) is 0 Å². The predicted octanol–water partition coefficient (Wildman–Crippen LogP) is 1.72. The standard InChI is InChI=1S/C16H19NO5S/c1-21-15-9-8-13(10-16(15)22-2)23(19,20)17-11-14(18)12-6-4-3-5-7-12/h3-10,14,17-18H,11H2,1-2H3. The maximum Gasteiger partial charge on any atom is 0.240 e. The summed E-state index contributed by atoms with van der Waals surface area (Å²) in [5.74, 6) is 0.759. The number of aliphatic hydroxyl groups excluding tert-OH is 1. The molecule has 2 N–H and O–H groups in total. The number of sulfonamides is 1. The lowest BCUT2D eigenvalue weighted by molar-refractivity contribution is 0.182. The molecule has 1 atom stereocenters. The van der Waals surface area contributed by atoms with Crippen LogP contribution in [0.4, 0.5) is 0 Å². The van der Waals surface area contributed by atoms with Gasteiger partial charge >= 0.3 is 0 Å². The third-order valence-corrected chi connectivity index (χ3v) is 4.74. The van der Waals surface area contributed by atoms with Gasteiger partial charge in [0.05, 0.1) is 25.2 Å². The van der Waals surface area contributed by atoms with E-state index < -0.39 is 16.1 Å². The summed E-state index contributed by atoms with van der Waals surface area (Å²) in [6, 6.07) is 13.1. The molecule has 0 aliphatic heterocycles. The monoisotopic (exact) mass is 337 g/mol. The van der Waals surface area contributed by atoms with Crippen molar-refractivity contribution in [2.24, 2.45) is 0 Å². The Balaban J connectivity index is 2.13. The summed E-state index contributed by atoms with van der Waals surface area (Å²) in [6.45, 7) is -0.124. The Morgan fingerprint density at radius 3 is 2.30 bits per heavy atom. The van der Waals surface area contributed by atoms with E-state index >= 15 is 0 Å². The quantitative estimate of drug-likeness (QED) is 0.803. The van der Waals surface area contributed by atoms with Crippen LogP contribution in [0.2, 0.25) is 0 Å². The molecular formula is C16H19NO5S. The SMILES string of the molecule is COc1ccc(S(=O)(=O)NCC(O)c2ccccc2)cc1OC. The molecule has 0 aliphatic rings. The van der Waals surface area contributed by atoms with E-state index in [9.17, 15) is 13.5 Å². The van der Waals surface area contributed by atoms with Gasteiger partial charge in [0.2, 0.25) is 10.0 Å². The third-order valence-electron chi connectivity index (χ3n) is 3.32. The van der Waals surface area contributed by atoms with Gasteiger partial charge in [0.25, 0.3) is 0 Å². The lowest BCUT2D eigenvalue weighted by Crippen LogP contribution is -2.28. The van der Waals surface area contributed by atoms with Crippen LogP contribution < -0.4 is 14.2 Å². The fraction of sp³-hybridized carbons (Fsp3) is 0.250. The summed E-state index contributed by atoms with van der Waals surface area (Å²) in [6.07, 6.45) is -0.925. The molecular weight excluding hydrogens is 318 g/mol. The lowest BCUT2D eigenvalue weighted by Gasteiger charge is -2.14. The van der Waals surface area contributed by atoms with E-state index in [0.29, 0.717) is 17.1 Å². The molecule has 0 heterocycles. The van der Waals surface area contributed by atoms with Crippen molar-refractivity contribution in [2.45, 2.75) is 11.0 Å². The molecule has 2 aromatic rings. The number of rotatable bonds is 7. The molecule has 0 fully saturated rings. The second-order valence-corrected chi connectivity index (χ2v) is 6.56. The second kappa shape index (κ2) is 7.45. The Bertz CT molecular complexity index is 746. The van der Waals surface area contributed by atoms with Crippen LogP contribution in [-0.2, 0) is 10.0 Å². The van der Waals surface area contributed by atoms with Gasteiger partial charge in [-0.15, -0.1) is 0 Å². The van der Waals surface area contributed by atoms with Gasteiger partial charge in [0, 0.05) is 12.6 Å². The number of ether oxygens (including phenoxy) is 2. The first-order chi connectivity index (χ1) is 11.0. The van der Waals surface area contributed by atoms with Crippen molar-refractivity contribution in [1.29, 1.82) is 0 Å². The fourth-order valence-electron chi connectivity index (χ4n) is 2.05. The maximum atomic E-state index is 12.3. The number of methoxy groups -OCH3 is 2. The Hall–Kier alpha value is -2.09. The molecule has 1 unspecified atom stereocenters. The first kappa shape index (κ1) is 17.3. The molecule has 2 aromatic carbocycles.